The summed E-state index contributed by atoms with van der Waals surface area (Å²) in [5, 5.41) is 13.3. The summed E-state index contributed by atoms with van der Waals surface area (Å²) in [6.45, 7) is 0. The molecule has 0 atom stereocenters. The average molecular weight is 711 g/mol. The molecule has 0 aromatic heterocycles. The van der Waals surface area contributed by atoms with Gasteiger partial charge < -0.3 is 0 Å². The zero-order valence-corrected chi connectivity index (χ0v) is 30.3. The summed E-state index contributed by atoms with van der Waals surface area (Å²) in [6.07, 6.45) is 0. The van der Waals surface area contributed by atoms with E-state index in [0.717, 1.165) is 65.7 Å². The largest absolute Gasteiger partial charge is 0.0630 e. The van der Waals surface area contributed by atoms with Gasteiger partial charge in [-0.1, -0.05) is 194 Å². The van der Waals surface area contributed by atoms with Gasteiger partial charge in [-0.2, -0.15) is 0 Å². The zero-order chi connectivity index (χ0) is 40.2. The molecule has 0 unspecified atom stereocenters. The van der Waals surface area contributed by atoms with E-state index < -0.39 is 0 Å². The molecule has 12 aromatic rings. The van der Waals surface area contributed by atoms with Crippen molar-refractivity contribution in [2.75, 3.05) is 0 Å². The second-order valence-corrected chi connectivity index (χ2v) is 14.9. The van der Waals surface area contributed by atoms with Crippen molar-refractivity contribution >= 4 is 75.4 Å². The quantitative estimate of drug-likeness (QED) is 0.160. The third-order valence-electron chi connectivity index (χ3n) is 11.8. The average Bonchev–Trinajstić information content (AvgIpc) is 3.30. The lowest BCUT2D eigenvalue weighted by Crippen LogP contribution is -1.90. The SMILES string of the molecule is [2H]c1c([2H])c2c(-c3ccc4c(-c5cccc6ccccc56)cccc4c3)ccc3c([2H])c([2H])c4c(-c5ccc6c(-c7cccc8ccccc78)cccc6c5)ccc1c4c32. The van der Waals surface area contributed by atoms with Crippen LogP contribution in [0.4, 0.5) is 0 Å². The van der Waals surface area contributed by atoms with Crippen molar-refractivity contribution in [3.63, 3.8) is 0 Å². The molecule has 56 heavy (non-hydrogen) atoms. The molecular formula is C56H34. The first kappa shape index (κ1) is 27.3. The Labute approximate surface area is 330 Å². The maximum atomic E-state index is 9.49. The Morgan fingerprint density at radius 2 is 0.607 bits per heavy atom. The van der Waals surface area contributed by atoms with Crippen molar-refractivity contribution in [1.29, 1.82) is 0 Å². The first-order valence-electron chi connectivity index (χ1n) is 21.2. The van der Waals surface area contributed by atoms with E-state index in [-0.39, 0.29) is 24.2 Å². The van der Waals surface area contributed by atoms with E-state index in [1.807, 2.05) is 24.3 Å². The molecule has 0 aliphatic rings. The van der Waals surface area contributed by atoms with Gasteiger partial charge in [-0.05, 0) is 132 Å². The molecular weight excluding hydrogens is 673 g/mol. The molecule has 0 nitrogen and oxygen atoms in total. The van der Waals surface area contributed by atoms with Crippen LogP contribution in [0.2, 0.25) is 0 Å². The molecule has 0 fully saturated rings. The monoisotopic (exact) mass is 710 g/mol. The van der Waals surface area contributed by atoms with Crippen LogP contribution in [0.15, 0.2) is 206 Å². The van der Waals surface area contributed by atoms with Crippen LogP contribution in [-0.4, -0.2) is 0 Å². The normalized spacial score (nSPS) is 12.9. The molecule has 0 bridgehead atoms. The highest BCUT2D eigenvalue weighted by Crippen LogP contribution is 2.44. The standard InChI is InChI=1S/C56H34/c1-3-15-43-35(9-1)11-5-17-49(43)51-19-7-13-39-33-41(25-29-45(39)51)47-27-21-37-24-32-54-48(28-22-38-23-31-53(47)55(37)56(38)54)42-26-30-46-40(34-42)14-8-20-52(46)50-18-6-12-36-10-2-4-16-44(36)50/h1-34H/i23D,24D,31D,32D. The minimum absolute atomic E-state index is 0.127. The summed E-state index contributed by atoms with van der Waals surface area (Å²) in [7, 11) is 0. The minimum atomic E-state index is 0.127. The first-order valence-corrected chi connectivity index (χ1v) is 19.2. The van der Waals surface area contributed by atoms with Crippen LogP contribution in [0.25, 0.3) is 120 Å². The van der Waals surface area contributed by atoms with E-state index in [1.165, 1.54) is 32.7 Å². The fourth-order valence-electron chi connectivity index (χ4n) is 9.23. The fraction of sp³-hybridized carbons (Fsp3) is 0. The van der Waals surface area contributed by atoms with Gasteiger partial charge in [-0.15, -0.1) is 0 Å². The van der Waals surface area contributed by atoms with Crippen molar-refractivity contribution in [3.8, 4) is 44.5 Å². The lowest BCUT2D eigenvalue weighted by atomic mass is 9.86. The van der Waals surface area contributed by atoms with Gasteiger partial charge in [0.2, 0.25) is 0 Å². The highest BCUT2D eigenvalue weighted by molar-refractivity contribution is 6.28. The molecule has 0 heteroatoms. The topological polar surface area (TPSA) is 0 Å². The summed E-state index contributed by atoms with van der Waals surface area (Å²) in [6, 6.07) is 64.0. The first-order chi connectivity index (χ1) is 29.4. The van der Waals surface area contributed by atoms with Gasteiger partial charge in [-0.3, -0.25) is 0 Å². The minimum Gasteiger partial charge on any atom is -0.0616 e. The molecule has 0 heterocycles. The Kier molecular flexibility index (Phi) is 5.91. The van der Waals surface area contributed by atoms with Crippen LogP contribution in [0.3, 0.4) is 0 Å². The van der Waals surface area contributed by atoms with E-state index in [4.69, 9.17) is 0 Å². The maximum Gasteiger partial charge on any atom is 0.0630 e. The molecule has 0 radical (unpaired) electrons. The molecule has 0 saturated carbocycles. The summed E-state index contributed by atoms with van der Waals surface area (Å²) < 4.78 is 37.8. The Balaban J connectivity index is 1.06. The summed E-state index contributed by atoms with van der Waals surface area (Å²) in [5.74, 6) is 0. The summed E-state index contributed by atoms with van der Waals surface area (Å²) >= 11 is 0. The van der Waals surface area contributed by atoms with E-state index in [9.17, 15) is 5.48 Å². The fourth-order valence-corrected chi connectivity index (χ4v) is 9.23. The third-order valence-corrected chi connectivity index (χ3v) is 11.8. The van der Waals surface area contributed by atoms with Crippen molar-refractivity contribution < 1.29 is 5.48 Å². The smallest absolute Gasteiger partial charge is 0.0616 e. The lowest BCUT2D eigenvalue weighted by Gasteiger charge is -2.17. The highest BCUT2D eigenvalue weighted by atomic mass is 14.2. The van der Waals surface area contributed by atoms with Gasteiger partial charge in [0.05, 0.1) is 5.48 Å². The Bertz CT molecular complexity index is 3510. The molecule has 12 aromatic carbocycles. The van der Waals surface area contributed by atoms with Gasteiger partial charge in [0.25, 0.3) is 0 Å². The van der Waals surface area contributed by atoms with Gasteiger partial charge in [0.1, 0.15) is 0 Å². The molecule has 0 spiro atoms. The van der Waals surface area contributed by atoms with Crippen LogP contribution >= 0.6 is 0 Å². The number of hydrogen-bond acceptors (Lipinski definition) is 0. The summed E-state index contributed by atoms with van der Waals surface area (Å²) in [4.78, 5) is 0. The number of rotatable bonds is 4. The van der Waals surface area contributed by atoms with Crippen LogP contribution in [0.1, 0.15) is 5.48 Å². The van der Waals surface area contributed by atoms with E-state index in [0.29, 0.717) is 21.5 Å². The van der Waals surface area contributed by atoms with Crippen LogP contribution in [0, 0.1) is 0 Å². The zero-order valence-electron chi connectivity index (χ0n) is 34.3. The van der Waals surface area contributed by atoms with Crippen molar-refractivity contribution in [3.05, 3.63) is 206 Å². The molecule has 0 N–H and O–H groups in total. The Morgan fingerprint density at radius 3 is 1.05 bits per heavy atom. The predicted molar refractivity (Wildman–Crippen MR) is 242 cm³/mol. The third kappa shape index (κ3) is 4.66. The summed E-state index contributed by atoms with van der Waals surface area (Å²) in [5.41, 5.74) is 8.26. The van der Waals surface area contributed by atoms with Crippen molar-refractivity contribution in [2.24, 2.45) is 0 Å². The van der Waals surface area contributed by atoms with E-state index in [2.05, 4.69) is 158 Å². The number of fused-ring (bicyclic) bond motifs is 4. The van der Waals surface area contributed by atoms with Crippen molar-refractivity contribution in [2.45, 2.75) is 0 Å². The Hall–Kier alpha value is -7.28. The molecule has 0 aliphatic heterocycles. The van der Waals surface area contributed by atoms with E-state index in [1.54, 1.807) is 0 Å². The highest BCUT2D eigenvalue weighted by Gasteiger charge is 2.17. The van der Waals surface area contributed by atoms with Crippen LogP contribution < -0.4 is 0 Å². The molecule has 0 amide bonds. The van der Waals surface area contributed by atoms with E-state index >= 15 is 0 Å². The number of hydrogen-bond donors (Lipinski definition) is 0. The van der Waals surface area contributed by atoms with Gasteiger partial charge >= 0.3 is 0 Å². The van der Waals surface area contributed by atoms with Crippen LogP contribution in [0.5, 0.6) is 0 Å². The Morgan fingerprint density at radius 1 is 0.232 bits per heavy atom. The second kappa shape index (κ2) is 12.1. The van der Waals surface area contributed by atoms with Gasteiger partial charge in [-0.25, -0.2) is 0 Å². The molecule has 0 saturated heterocycles. The second-order valence-electron chi connectivity index (χ2n) is 14.9. The molecule has 0 aliphatic carbocycles. The van der Waals surface area contributed by atoms with Gasteiger partial charge in [0, 0.05) is 0 Å². The van der Waals surface area contributed by atoms with Gasteiger partial charge in [0.15, 0.2) is 0 Å². The lowest BCUT2D eigenvalue weighted by molar-refractivity contribution is 1.66. The number of benzene rings is 12. The van der Waals surface area contributed by atoms with Crippen molar-refractivity contribution in [1.82, 2.24) is 0 Å². The van der Waals surface area contributed by atoms with Crippen LogP contribution in [-0.2, 0) is 0 Å². The molecule has 12 rings (SSSR count). The maximum absolute atomic E-state index is 9.49. The molecule has 258 valence electrons. The predicted octanol–water partition coefficient (Wildman–Crippen LogP) is 15.9.